The monoisotopic (exact) mass is 512 g/mol. The van der Waals surface area contributed by atoms with Crippen molar-refractivity contribution in [2.45, 2.75) is 39.7 Å². The molecule has 1 fully saturated rings. The maximum Gasteiger partial charge on any atom is 0.338 e. The molecule has 1 saturated heterocycles. The first-order chi connectivity index (χ1) is 17.4. The van der Waals surface area contributed by atoms with Gasteiger partial charge in [-0.25, -0.2) is 9.79 Å². The minimum atomic E-state index is -0.388. The summed E-state index contributed by atoms with van der Waals surface area (Å²) in [7, 11) is 3.12. The third-order valence-corrected chi connectivity index (χ3v) is 7.91. The van der Waals surface area contributed by atoms with Gasteiger partial charge in [0.2, 0.25) is 5.91 Å². The van der Waals surface area contributed by atoms with Crippen LogP contribution in [-0.4, -0.2) is 85.3 Å². The highest BCUT2D eigenvalue weighted by atomic mass is 32.2. The van der Waals surface area contributed by atoms with Crippen LogP contribution in [0.4, 0.5) is 0 Å². The molecule has 3 aliphatic heterocycles. The van der Waals surface area contributed by atoms with E-state index in [4.69, 9.17) is 14.5 Å². The molecule has 1 atom stereocenters. The van der Waals surface area contributed by atoms with E-state index in [2.05, 4.69) is 41.8 Å². The molecule has 0 saturated carbocycles. The molecule has 36 heavy (non-hydrogen) atoms. The molecule has 0 bridgehead atoms. The first kappa shape index (κ1) is 26.4. The highest BCUT2D eigenvalue weighted by Crippen LogP contribution is 2.46. The van der Waals surface area contributed by atoms with E-state index in [0.29, 0.717) is 31.7 Å². The Balaban J connectivity index is 1.61. The summed E-state index contributed by atoms with van der Waals surface area (Å²) < 4.78 is 10.4. The van der Waals surface area contributed by atoms with Crippen LogP contribution in [0.2, 0.25) is 0 Å². The van der Waals surface area contributed by atoms with Gasteiger partial charge < -0.3 is 19.3 Å². The fraction of sp³-hybridized carbons (Fsp3) is 0.519. The molecule has 1 aromatic carbocycles. The number of ether oxygens (including phenoxy) is 2. The Labute approximate surface area is 218 Å². The summed E-state index contributed by atoms with van der Waals surface area (Å²) in [5.41, 5.74) is 5.42. The molecule has 1 amide bonds. The predicted octanol–water partition coefficient (Wildman–Crippen LogP) is 3.62. The number of hydrogen-bond donors (Lipinski definition) is 0. The zero-order valence-corrected chi connectivity index (χ0v) is 22.7. The summed E-state index contributed by atoms with van der Waals surface area (Å²) in [6, 6.07) is 5.88. The number of fused-ring (bicyclic) bond motifs is 1. The lowest BCUT2D eigenvalue weighted by Gasteiger charge is -2.38. The number of aryl methyl sites for hydroxylation is 2. The molecule has 8 nitrogen and oxygen atoms in total. The molecule has 194 valence electrons. The molecule has 0 aromatic heterocycles. The summed E-state index contributed by atoms with van der Waals surface area (Å²) in [6.07, 6.45) is 0.882. The van der Waals surface area contributed by atoms with Crippen LogP contribution in [0.15, 0.2) is 45.6 Å². The van der Waals surface area contributed by atoms with E-state index in [-0.39, 0.29) is 24.3 Å². The van der Waals surface area contributed by atoms with Crippen LogP contribution in [0, 0.1) is 13.8 Å². The van der Waals surface area contributed by atoms with Crippen molar-refractivity contribution in [3.05, 3.63) is 57.3 Å². The molecule has 0 N–H and O–H groups in total. The summed E-state index contributed by atoms with van der Waals surface area (Å²) in [5.74, 6) is -0.284. The van der Waals surface area contributed by atoms with Gasteiger partial charge in [0.15, 0.2) is 5.17 Å². The third-order valence-electron chi connectivity index (χ3n) is 7.02. The number of allylic oxidation sites excluding steroid dienone is 1. The Bertz CT molecular complexity index is 1100. The molecule has 3 aliphatic rings. The average molecular weight is 513 g/mol. The zero-order chi connectivity index (χ0) is 25.8. The van der Waals surface area contributed by atoms with Gasteiger partial charge in [0.25, 0.3) is 0 Å². The number of carbonyl (C=O) groups excluding carboxylic acids is 2. The number of carbonyl (C=O) groups is 2. The Morgan fingerprint density at radius 1 is 1.14 bits per heavy atom. The summed E-state index contributed by atoms with van der Waals surface area (Å²) in [6.45, 7) is 10.8. The molecule has 1 aromatic rings. The SMILES string of the molecule is CCC1=C(C(=O)OC)C(c2ccc(C)cc2C)N2C(CC(=O)N3CCN(CCOC)CC3)=CSC2=N1. The number of hydrogen-bond acceptors (Lipinski definition) is 8. The van der Waals surface area contributed by atoms with Crippen LogP contribution in [-0.2, 0) is 19.1 Å². The molecular formula is C27H36N4O4S. The molecule has 0 aliphatic carbocycles. The second kappa shape index (κ2) is 11.6. The van der Waals surface area contributed by atoms with Crippen molar-refractivity contribution in [3.63, 3.8) is 0 Å². The van der Waals surface area contributed by atoms with Crippen molar-refractivity contribution in [1.82, 2.24) is 14.7 Å². The number of thioether (sulfide) groups is 1. The molecule has 0 spiro atoms. The Hall–Kier alpha value is -2.62. The minimum absolute atomic E-state index is 0.0961. The lowest BCUT2D eigenvalue weighted by atomic mass is 9.89. The number of piperazine rings is 1. The van der Waals surface area contributed by atoms with E-state index in [1.165, 1.54) is 18.9 Å². The van der Waals surface area contributed by atoms with E-state index < -0.39 is 0 Å². The summed E-state index contributed by atoms with van der Waals surface area (Å²) >= 11 is 1.52. The van der Waals surface area contributed by atoms with Gasteiger partial charge >= 0.3 is 5.97 Å². The van der Waals surface area contributed by atoms with Crippen molar-refractivity contribution < 1.29 is 19.1 Å². The van der Waals surface area contributed by atoms with Gasteiger partial charge in [-0.1, -0.05) is 42.4 Å². The van der Waals surface area contributed by atoms with E-state index in [1.807, 2.05) is 17.2 Å². The van der Waals surface area contributed by atoms with Gasteiger partial charge in [-0.15, -0.1) is 0 Å². The van der Waals surface area contributed by atoms with Crippen molar-refractivity contribution in [2.75, 3.05) is 53.6 Å². The van der Waals surface area contributed by atoms with Gasteiger partial charge in [0, 0.05) is 45.5 Å². The number of benzene rings is 1. The number of aliphatic imine (C=N–C) groups is 1. The molecular weight excluding hydrogens is 476 g/mol. The average Bonchev–Trinajstić information content (AvgIpc) is 3.28. The van der Waals surface area contributed by atoms with E-state index in [0.717, 1.165) is 52.9 Å². The van der Waals surface area contributed by atoms with Gasteiger partial charge in [-0.3, -0.25) is 9.69 Å². The van der Waals surface area contributed by atoms with Crippen LogP contribution < -0.4 is 0 Å². The number of methoxy groups -OCH3 is 2. The Morgan fingerprint density at radius 3 is 2.53 bits per heavy atom. The second-order valence-corrected chi connectivity index (χ2v) is 10.2. The predicted molar refractivity (Wildman–Crippen MR) is 142 cm³/mol. The Kier molecular flexibility index (Phi) is 8.54. The van der Waals surface area contributed by atoms with Crippen molar-refractivity contribution in [1.29, 1.82) is 0 Å². The van der Waals surface area contributed by atoms with E-state index in [9.17, 15) is 9.59 Å². The fourth-order valence-electron chi connectivity index (χ4n) is 5.05. The lowest BCUT2D eigenvalue weighted by Crippen LogP contribution is -2.49. The van der Waals surface area contributed by atoms with Gasteiger partial charge in [-0.2, -0.15) is 0 Å². The molecule has 9 heteroatoms. The topological polar surface area (TPSA) is 74.7 Å². The van der Waals surface area contributed by atoms with Crippen LogP contribution in [0.25, 0.3) is 0 Å². The fourth-order valence-corrected chi connectivity index (χ4v) is 5.98. The normalized spacial score (nSPS) is 20.3. The van der Waals surface area contributed by atoms with Crippen molar-refractivity contribution in [2.24, 2.45) is 4.99 Å². The quantitative estimate of drug-likeness (QED) is 0.493. The zero-order valence-electron chi connectivity index (χ0n) is 21.9. The minimum Gasteiger partial charge on any atom is -0.466 e. The molecule has 3 heterocycles. The number of amides is 1. The van der Waals surface area contributed by atoms with E-state index in [1.54, 1.807) is 7.11 Å². The number of nitrogens with zero attached hydrogens (tertiary/aromatic N) is 4. The van der Waals surface area contributed by atoms with E-state index >= 15 is 0 Å². The number of esters is 1. The van der Waals surface area contributed by atoms with Crippen LogP contribution in [0.3, 0.4) is 0 Å². The first-order valence-electron chi connectivity index (χ1n) is 12.5. The van der Waals surface area contributed by atoms with Crippen LogP contribution in [0.5, 0.6) is 0 Å². The smallest absolute Gasteiger partial charge is 0.338 e. The maximum absolute atomic E-state index is 13.4. The van der Waals surface area contributed by atoms with Gasteiger partial charge in [0.1, 0.15) is 0 Å². The third kappa shape index (κ3) is 5.38. The number of amidine groups is 1. The summed E-state index contributed by atoms with van der Waals surface area (Å²) in [5, 5.41) is 2.81. The highest BCUT2D eigenvalue weighted by molar-refractivity contribution is 8.16. The van der Waals surface area contributed by atoms with Crippen LogP contribution in [0.1, 0.15) is 42.5 Å². The maximum atomic E-state index is 13.4. The highest BCUT2D eigenvalue weighted by Gasteiger charge is 2.42. The molecule has 1 unspecified atom stereocenters. The largest absolute Gasteiger partial charge is 0.466 e. The van der Waals surface area contributed by atoms with Gasteiger partial charge in [0.05, 0.1) is 37.4 Å². The second-order valence-electron chi connectivity index (χ2n) is 9.35. The molecule has 0 radical (unpaired) electrons. The number of rotatable bonds is 8. The lowest BCUT2D eigenvalue weighted by molar-refractivity contribution is -0.136. The van der Waals surface area contributed by atoms with Crippen LogP contribution >= 0.6 is 11.8 Å². The first-order valence-corrected chi connectivity index (χ1v) is 13.4. The van der Waals surface area contributed by atoms with Crippen molar-refractivity contribution in [3.8, 4) is 0 Å². The standard InChI is InChI=1S/C27H36N4O4S/c1-6-22-24(26(33)35-5)25(21-8-7-18(2)15-19(21)3)31-20(17-36-27(31)28-22)16-23(32)30-11-9-29(10-12-30)13-14-34-4/h7-8,15,17,25H,6,9-14,16H2,1-5H3. The van der Waals surface area contributed by atoms with Gasteiger partial charge in [-0.05, 0) is 36.8 Å². The molecule has 4 rings (SSSR count). The van der Waals surface area contributed by atoms with Crippen molar-refractivity contribution >= 4 is 28.8 Å². The Morgan fingerprint density at radius 2 is 1.89 bits per heavy atom. The summed E-state index contributed by atoms with van der Waals surface area (Å²) in [4.78, 5) is 37.6.